The van der Waals surface area contributed by atoms with Gasteiger partial charge in [0, 0.05) is 6.54 Å². The van der Waals surface area contributed by atoms with Gasteiger partial charge in [-0.05, 0) is 18.1 Å². The molecule has 0 aliphatic heterocycles. The zero-order valence-corrected chi connectivity index (χ0v) is 9.92. The Morgan fingerprint density at radius 1 is 1.39 bits per heavy atom. The van der Waals surface area contributed by atoms with E-state index in [-0.39, 0.29) is 12.1 Å². The molecule has 18 heavy (non-hydrogen) atoms. The minimum Gasteiger partial charge on any atom is -0.351 e. The average molecular weight is 260 g/mol. The molecule has 0 aromatic heterocycles. The Labute approximate surface area is 103 Å². The lowest BCUT2D eigenvalue weighted by Crippen LogP contribution is -2.39. The highest BCUT2D eigenvalue weighted by molar-refractivity contribution is 5.81. The van der Waals surface area contributed by atoms with Crippen molar-refractivity contribution >= 4 is 5.91 Å². The van der Waals surface area contributed by atoms with Crippen molar-refractivity contribution in [2.24, 2.45) is 5.73 Å². The number of nitrogens with two attached hydrogens (primary N) is 1. The highest BCUT2D eigenvalue weighted by Gasteiger charge is 2.32. The number of alkyl halides is 3. The van der Waals surface area contributed by atoms with Gasteiger partial charge >= 0.3 is 6.18 Å². The third-order valence-electron chi connectivity index (χ3n) is 2.55. The molecule has 0 unspecified atom stereocenters. The molecule has 1 aromatic rings. The molecule has 0 heterocycles. The summed E-state index contributed by atoms with van der Waals surface area (Å²) in [5.74, 6) is -0.450. The maximum atomic E-state index is 12.7. The topological polar surface area (TPSA) is 55.1 Å². The molecular weight excluding hydrogens is 245 g/mol. The fourth-order valence-electron chi connectivity index (χ4n) is 1.45. The number of hydrogen-bond donors (Lipinski definition) is 2. The summed E-state index contributed by atoms with van der Waals surface area (Å²) >= 11 is 0. The first-order valence-electron chi connectivity index (χ1n) is 5.54. The van der Waals surface area contributed by atoms with Crippen LogP contribution in [0, 0.1) is 0 Å². The Balaban J connectivity index is 2.77. The Kier molecular flexibility index (Phi) is 4.72. The maximum absolute atomic E-state index is 12.7. The second kappa shape index (κ2) is 5.86. The van der Waals surface area contributed by atoms with E-state index >= 15 is 0 Å². The first kappa shape index (κ1) is 14.5. The Morgan fingerprint density at radius 2 is 2.00 bits per heavy atom. The van der Waals surface area contributed by atoms with Crippen molar-refractivity contribution in [3.8, 4) is 0 Å². The normalized spacial score (nSPS) is 13.2. The molecule has 0 fully saturated rings. The minimum absolute atomic E-state index is 0.0293. The molecule has 0 radical (unpaired) electrons. The molecule has 1 amide bonds. The molecule has 100 valence electrons. The molecule has 1 aromatic carbocycles. The van der Waals surface area contributed by atoms with Crippen molar-refractivity contribution in [1.29, 1.82) is 0 Å². The van der Waals surface area contributed by atoms with Crippen molar-refractivity contribution in [3.63, 3.8) is 0 Å². The standard InChI is InChI=1S/C12H15F3N2O/c1-2-10(16)11(18)17-7-8-5-3-4-6-9(8)12(13,14)15/h3-6,10H,2,7,16H2,1H3,(H,17,18)/t10-/m1/s1. The van der Waals surface area contributed by atoms with E-state index in [1.165, 1.54) is 18.2 Å². The van der Waals surface area contributed by atoms with Crippen LogP contribution < -0.4 is 11.1 Å². The molecule has 0 aliphatic carbocycles. The summed E-state index contributed by atoms with van der Waals surface area (Å²) in [6.45, 7) is 1.55. The summed E-state index contributed by atoms with van der Waals surface area (Å²) in [5, 5.41) is 2.40. The van der Waals surface area contributed by atoms with Gasteiger partial charge in [-0.3, -0.25) is 4.79 Å². The predicted octanol–water partition coefficient (Wildman–Crippen LogP) is 2.06. The number of nitrogens with one attached hydrogen (secondary N) is 1. The van der Waals surface area contributed by atoms with Crippen molar-refractivity contribution < 1.29 is 18.0 Å². The van der Waals surface area contributed by atoms with E-state index in [0.717, 1.165) is 6.07 Å². The number of carbonyl (C=O) groups excluding carboxylic acids is 1. The third kappa shape index (κ3) is 3.73. The van der Waals surface area contributed by atoms with E-state index in [2.05, 4.69) is 5.32 Å². The van der Waals surface area contributed by atoms with Crippen molar-refractivity contribution in [1.82, 2.24) is 5.32 Å². The summed E-state index contributed by atoms with van der Waals surface area (Å²) in [6.07, 6.45) is -3.99. The van der Waals surface area contributed by atoms with Gasteiger partial charge in [0.15, 0.2) is 0 Å². The summed E-state index contributed by atoms with van der Waals surface area (Å²) < 4.78 is 38.0. The fraction of sp³-hybridized carbons (Fsp3) is 0.417. The molecule has 0 saturated carbocycles. The van der Waals surface area contributed by atoms with Gasteiger partial charge in [0.2, 0.25) is 5.91 Å². The number of halogens is 3. The molecule has 0 bridgehead atoms. The fourth-order valence-corrected chi connectivity index (χ4v) is 1.45. The third-order valence-corrected chi connectivity index (χ3v) is 2.55. The number of benzene rings is 1. The van der Waals surface area contributed by atoms with E-state index < -0.39 is 23.7 Å². The summed E-state index contributed by atoms with van der Waals surface area (Å²) in [4.78, 5) is 11.4. The maximum Gasteiger partial charge on any atom is 0.416 e. The molecule has 0 saturated heterocycles. The number of amides is 1. The van der Waals surface area contributed by atoms with Crippen LogP contribution in [0.25, 0.3) is 0 Å². The van der Waals surface area contributed by atoms with Crippen molar-refractivity contribution in [2.75, 3.05) is 0 Å². The highest BCUT2D eigenvalue weighted by Crippen LogP contribution is 2.31. The van der Waals surface area contributed by atoms with E-state index in [9.17, 15) is 18.0 Å². The van der Waals surface area contributed by atoms with Crippen molar-refractivity contribution in [3.05, 3.63) is 35.4 Å². The number of rotatable bonds is 4. The predicted molar refractivity (Wildman–Crippen MR) is 61.6 cm³/mol. The van der Waals surface area contributed by atoms with E-state index in [4.69, 9.17) is 5.73 Å². The van der Waals surface area contributed by atoms with Gasteiger partial charge in [0.25, 0.3) is 0 Å². The number of carbonyl (C=O) groups is 1. The van der Waals surface area contributed by atoms with Crippen LogP contribution >= 0.6 is 0 Å². The van der Waals surface area contributed by atoms with Crippen LogP contribution in [0.2, 0.25) is 0 Å². The van der Waals surface area contributed by atoms with Gasteiger partial charge in [0.1, 0.15) is 0 Å². The van der Waals surface area contributed by atoms with E-state index in [1.54, 1.807) is 6.92 Å². The Bertz CT molecular complexity index is 418. The molecule has 3 N–H and O–H groups in total. The molecule has 3 nitrogen and oxygen atoms in total. The van der Waals surface area contributed by atoms with Crippen molar-refractivity contribution in [2.45, 2.75) is 32.1 Å². The summed E-state index contributed by atoms with van der Waals surface area (Å²) in [7, 11) is 0. The highest BCUT2D eigenvalue weighted by atomic mass is 19.4. The van der Waals surface area contributed by atoms with Gasteiger partial charge in [-0.25, -0.2) is 0 Å². The molecular formula is C12H15F3N2O. The van der Waals surface area contributed by atoms with Gasteiger partial charge < -0.3 is 11.1 Å². The molecule has 1 atom stereocenters. The van der Waals surface area contributed by atoms with E-state index in [0.29, 0.717) is 6.42 Å². The van der Waals surface area contributed by atoms with E-state index in [1.807, 2.05) is 0 Å². The zero-order chi connectivity index (χ0) is 13.8. The molecule has 6 heteroatoms. The van der Waals surface area contributed by atoms with Crippen LogP contribution in [-0.2, 0) is 17.5 Å². The lowest BCUT2D eigenvalue weighted by Gasteiger charge is -2.14. The minimum atomic E-state index is -4.42. The Hall–Kier alpha value is -1.56. The van der Waals surface area contributed by atoms with Crippen LogP contribution in [0.1, 0.15) is 24.5 Å². The lowest BCUT2D eigenvalue weighted by atomic mass is 10.1. The van der Waals surface area contributed by atoms with Gasteiger partial charge in [-0.1, -0.05) is 25.1 Å². The SMILES string of the molecule is CC[C@@H](N)C(=O)NCc1ccccc1C(F)(F)F. The molecule has 0 spiro atoms. The monoisotopic (exact) mass is 260 g/mol. The molecule has 1 rings (SSSR count). The number of hydrogen-bond acceptors (Lipinski definition) is 2. The summed E-state index contributed by atoms with van der Waals surface area (Å²) in [6, 6.07) is 4.44. The van der Waals surface area contributed by atoms with Gasteiger partial charge in [-0.2, -0.15) is 13.2 Å². The van der Waals surface area contributed by atoms with Crippen LogP contribution in [0.4, 0.5) is 13.2 Å². The zero-order valence-electron chi connectivity index (χ0n) is 9.92. The first-order valence-corrected chi connectivity index (χ1v) is 5.54. The van der Waals surface area contributed by atoms with Crippen LogP contribution in [0.3, 0.4) is 0 Å². The summed E-state index contributed by atoms with van der Waals surface area (Å²) in [5.41, 5.74) is 4.76. The van der Waals surface area contributed by atoms with Gasteiger partial charge in [-0.15, -0.1) is 0 Å². The lowest BCUT2D eigenvalue weighted by molar-refractivity contribution is -0.138. The molecule has 0 aliphatic rings. The van der Waals surface area contributed by atoms with Crippen LogP contribution in [-0.4, -0.2) is 11.9 Å². The Morgan fingerprint density at radius 3 is 2.56 bits per heavy atom. The second-order valence-electron chi connectivity index (χ2n) is 3.89. The van der Waals surface area contributed by atoms with Crippen LogP contribution in [0.15, 0.2) is 24.3 Å². The largest absolute Gasteiger partial charge is 0.416 e. The van der Waals surface area contributed by atoms with Gasteiger partial charge in [0.05, 0.1) is 11.6 Å². The first-order chi connectivity index (χ1) is 8.36. The smallest absolute Gasteiger partial charge is 0.351 e. The van der Waals surface area contributed by atoms with Crippen LogP contribution in [0.5, 0.6) is 0 Å². The second-order valence-corrected chi connectivity index (χ2v) is 3.89. The average Bonchev–Trinajstić information content (AvgIpc) is 2.34. The quantitative estimate of drug-likeness (QED) is 0.870.